The van der Waals surface area contributed by atoms with Gasteiger partial charge < -0.3 is 19.8 Å². The highest BCUT2D eigenvalue weighted by molar-refractivity contribution is 6.36. The Morgan fingerprint density at radius 3 is 2.42 bits per heavy atom. The molecular formula is C19H17ClN2O4. The third kappa shape index (κ3) is 3.97. The third-order valence-corrected chi connectivity index (χ3v) is 3.83. The molecule has 6 nitrogen and oxygen atoms in total. The standard InChI is InChI=1S/C19H17ClN2O4/c1-11(2)25-18-16(20)14-9-8-13(10-15(14)17(23)26-18)22-19(24)21-12-6-4-3-5-7-12/h3-11H,1-2H3,(H2,21,22,24). The number of nitrogens with one attached hydrogen (secondary N) is 2. The first-order valence-electron chi connectivity index (χ1n) is 8.00. The number of ether oxygens (including phenoxy) is 1. The van der Waals surface area contributed by atoms with Gasteiger partial charge in [-0.1, -0.05) is 35.9 Å². The topological polar surface area (TPSA) is 80.6 Å². The Bertz CT molecular complexity index is 1000. The van der Waals surface area contributed by atoms with Crippen molar-refractivity contribution in [2.45, 2.75) is 20.0 Å². The molecule has 0 aliphatic carbocycles. The molecule has 0 radical (unpaired) electrons. The molecule has 2 N–H and O–H groups in total. The minimum atomic E-state index is -0.591. The van der Waals surface area contributed by atoms with Crippen LogP contribution < -0.4 is 21.0 Å². The van der Waals surface area contributed by atoms with E-state index >= 15 is 0 Å². The number of hydrogen-bond donors (Lipinski definition) is 2. The van der Waals surface area contributed by atoms with Gasteiger partial charge in [0.1, 0.15) is 5.02 Å². The zero-order chi connectivity index (χ0) is 18.7. The summed E-state index contributed by atoms with van der Waals surface area (Å²) in [7, 11) is 0. The molecule has 3 aromatic rings. The Morgan fingerprint density at radius 1 is 1.04 bits per heavy atom. The number of urea groups is 1. The smallest absolute Gasteiger partial charge is 0.346 e. The number of carbonyl (C=O) groups is 1. The summed E-state index contributed by atoms with van der Waals surface area (Å²) < 4.78 is 10.6. The molecule has 0 spiro atoms. The van der Waals surface area contributed by atoms with Crippen LogP contribution >= 0.6 is 11.6 Å². The molecule has 1 heterocycles. The average molecular weight is 373 g/mol. The van der Waals surface area contributed by atoms with E-state index < -0.39 is 11.7 Å². The van der Waals surface area contributed by atoms with Gasteiger partial charge in [0.2, 0.25) is 0 Å². The predicted octanol–water partition coefficient (Wildman–Crippen LogP) is 4.88. The van der Waals surface area contributed by atoms with Gasteiger partial charge >= 0.3 is 17.6 Å². The van der Waals surface area contributed by atoms with Crippen LogP contribution in [0.5, 0.6) is 5.95 Å². The molecule has 3 rings (SSSR count). The highest BCUT2D eigenvalue weighted by Gasteiger charge is 2.15. The highest BCUT2D eigenvalue weighted by atomic mass is 35.5. The molecule has 2 amide bonds. The Kier molecular flexibility index (Phi) is 5.14. The summed E-state index contributed by atoms with van der Waals surface area (Å²) in [6.45, 7) is 3.61. The van der Waals surface area contributed by atoms with Crippen LogP contribution in [0, 0.1) is 0 Å². The quantitative estimate of drug-likeness (QED) is 0.684. The van der Waals surface area contributed by atoms with Crippen molar-refractivity contribution in [2.75, 3.05) is 10.6 Å². The largest absolute Gasteiger partial charge is 0.461 e. The second-order valence-corrected chi connectivity index (χ2v) is 6.24. The van der Waals surface area contributed by atoms with Gasteiger partial charge in [0.25, 0.3) is 0 Å². The summed E-state index contributed by atoms with van der Waals surface area (Å²) in [4.78, 5) is 24.3. The van der Waals surface area contributed by atoms with E-state index in [2.05, 4.69) is 10.6 Å². The Hall–Kier alpha value is -2.99. The van der Waals surface area contributed by atoms with Crippen molar-refractivity contribution in [3.05, 3.63) is 64.0 Å². The number of carbonyl (C=O) groups excluding carboxylic acids is 1. The van der Waals surface area contributed by atoms with E-state index in [9.17, 15) is 9.59 Å². The first-order valence-corrected chi connectivity index (χ1v) is 8.38. The molecule has 0 aliphatic heterocycles. The normalized spacial score (nSPS) is 10.8. The zero-order valence-corrected chi connectivity index (χ0v) is 15.0. The van der Waals surface area contributed by atoms with Gasteiger partial charge in [-0.15, -0.1) is 0 Å². The minimum Gasteiger partial charge on any atom is -0.461 e. The maximum atomic E-state index is 12.2. The fourth-order valence-corrected chi connectivity index (χ4v) is 2.63. The second kappa shape index (κ2) is 7.49. The minimum absolute atomic E-state index is 0.0123. The summed E-state index contributed by atoms with van der Waals surface area (Å²) in [6, 6.07) is 13.4. The Labute approximate surface area is 154 Å². The van der Waals surface area contributed by atoms with E-state index in [1.165, 1.54) is 6.07 Å². The number of para-hydroxylation sites is 1. The van der Waals surface area contributed by atoms with Crippen LogP contribution in [0.3, 0.4) is 0 Å². The number of anilines is 2. The predicted molar refractivity (Wildman–Crippen MR) is 102 cm³/mol. The Balaban J connectivity index is 1.86. The van der Waals surface area contributed by atoms with Crippen molar-refractivity contribution in [1.29, 1.82) is 0 Å². The maximum absolute atomic E-state index is 12.2. The van der Waals surface area contributed by atoms with Crippen molar-refractivity contribution in [3.8, 4) is 5.95 Å². The zero-order valence-electron chi connectivity index (χ0n) is 14.2. The SMILES string of the molecule is CC(C)Oc1oc(=O)c2cc(NC(=O)Nc3ccccc3)ccc2c1Cl. The molecule has 7 heteroatoms. The van der Waals surface area contributed by atoms with Crippen molar-refractivity contribution < 1.29 is 13.9 Å². The lowest BCUT2D eigenvalue weighted by molar-refractivity contribution is 0.179. The van der Waals surface area contributed by atoms with E-state index in [0.717, 1.165) is 0 Å². The van der Waals surface area contributed by atoms with Crippen LogP contribution in [0.1, 0.15) is 13.8 Å². The van der Waals surface area contributed by atoms with Crippen molar-refractivity contribution in [3.63, 3.8) is 0 Å². The van der Waals surface area contributed by atoms with Crippen LogP contribution in [0.4, 0.5) is 16.2 Å². The van der Waals surface area contributed by atoms with E-state index in [-0.39, 0.29) is 22.5 Å². The maximum Gasteiger partial charge on any atom is 0.346 e. The lowest BCUT2D eigenvalue weighted by Crippen LogP contribution is -2.19. The summed E-state index contributed by atoms with van der Waals surface area (Å²) in [5.74, 6) is -0.0123. The van der Waals surface area contributed by atoms with Crippen LogP contribution in [0.25, 0.3) is 10.8 Å². The molecule has 134 valence electrons. The number of fused-ring (bicyclic) bond motifs is 1. The van der Waals surface area contributed by atoms with Crippen LogP contribution in [-0.4, -0.2) is 12.1 Å². The molecule has 0 fully saturated rings. The number of amides is 2. The summed E-state index contributed by atoms with van der Waals surface area (Å²) in [5, 5.41) is 6.33. The summed E-state index contributed by atoms with van der Waals surface area (Å²) in [6.07, 6.45) is -0.185. The fraction of sp³-hybridized carbons (Fsp3) is 0.158. The summed E-state index contributed by atoms with van der Waals surface area (Å²) >= 11 is 6.27. The van der Waals surface area contributed by atoms with Gasteiger partial charge in [0.05, 0.1) is 11.5 Å². The van der Waals surface area contributed by atoms with E-state index in [1.807, 2.05) is 18.2 Å². The number of hydrogen-bond acceptors (Lipinski definition) is 4. The molecule has 0 saturated heterocycles. The van der Waals surface area contributed by atoms with Crippen molar-refractivity contribution >= 4 is 39.8 Å². The van der Waals surface area contributed by atoms with E-state index in [0.29, 0.717) is 16.8 Å². The summed E-state index contributed by atoms with van der Waals surface area (Å²) in [5.41, 5.74) is 0.503. The van der Waals surface area contributed by atoms with Gasteiger partial charge in [-0.05, 0) is 38.1 Å². The molecule has 2 aromatic carbocycles. The van der Waals surface area contributed by atoms with Gasteiger partial charge in [-0.2, -0.15) is 0 Å². The first-order chi connectivity index (χ1) is 12.4. The Morgan fingerprint density at radius 2 is 1.73 bits per heavy atom. The lowest BCUT2D eigenvalue weighted by Gasteiger charge is -2.12. The van der Waals surface area contributed by atoms with Crippen LogP contribution in [0.15, 0.2) is 57.7 Å². The number of halogens is 1. The monoisotopic (exact) mass is 372 g/mol. The first kappa shape index (κ1) is 17.8. The molecule has 0 unspecified atom stereocenters. The van der Waals surface area contributed by atoms with Gasteiger partial charge in [0.15, 0.2) is 0 Å². The van der Waals surface area contributed by atoms with Gasteiger partial charge in [-0.25, -0.2) is 9.59 Å². The second-order valence-electron chi connectivity index (χ2n) is 5.86. The molecule has 26 heavy (non-hydrogen) atoms. The highest BCUT2D eigenvalue weighted by Crippen LogP contribution is 2.32. The molecular weight excluding hydrogens is 356 g/mol. The van der Waals surface area contributed by atoms with Crippen molar-refractivity contribution in [1.82, 2.24) is 0 Å². The van der Waals surface area contributed by atoms with Crippen LogP contribution in [-0.2, 0) is 0 Å². The number of rotatable bonds is 4. The van der Waals surface area contributed by atoms with E-state index in [4.69, 9.17) is 20.8 Å². The van der Waals surface area contributed by atoms with Crippen LogP contribution in [0.2, 0.25) is 5.02 Å². The molecule has 0 saturated carbocycles. The third-order valence-electron chi connectivity index (χ3n) is 3.47. The number of benzene rings is 2. The van der Waals surface area contributed by atoms with E-state index in [1.54, 1.807) is 38.1 Å². The van der Waals surface area contributed by atoms with Gasteiger partial charge in [-0.3, -0.25) is 0 Å². The molecule has 1 aromatic heterocycles. The molecule has 0 atom stereocenters. The van der Waals surface area contributed by atoms with Gasteiger partial charge in [0, 0.05) is 16.8 Å². The average Bonchev–Trinajstić information content (AvgIpc) is 2.60. The van der Waals surface area contributed by atoms with Crippen molar-refractivity contribution in [2.24, 2.45) is 0 Å². The lowest BCUT2D eigenvalue weighted by atomic mass is 10.1. The fourth-order valence-electron chi connectivity index (χ4n) is 2.38. The molecule has 0 aliphatic rings. The molecule has 0 bridgehead atoms.